The molecule has 2 aromatic rings. The molecule has 0 radical (unpaired) electrons. The van der Waals surface area contributed by atoms with Crippen molar-refractivity contribution in [2.45, 2.75) is 0 Å². The van der Waals surface area contributed by atoms with Gasteiger partial charge in [-0.15, -0.1) is 0 Å². The Balaban J connectivity index is 2.13. The van der Waals surface area contributed by atoms with Gasteiger partial charge in [0.1, 0.15) is 12.3 Å². The van der Waals surface area contributed by atoms with Gasteiger partial charge in [0, 0.05) is 16.8 Å². The first kappa shape index (κ1) is 17.1. The van der Waals surface area contributed by atoms with Crippen LogP contribution in [0.4, 0.5) is 0 Å². The number of phenols is 2. The monoisotopic (exact) mass is 353 g/mol. The number of hydrogen-bond donors (Lipinski definition) is 2. The van der Waals surface area contributed by atoms with Gasteiger partial charge in [0.2, 0.25) is 0 Å². The van der Waals surface area contributed by atoms with E-state index in [-0.39, 0.29) is 40.2 Å². The largest absolute Gasteiger partial charge is 0.507 e. The third-order valence-electron chi connectivity index (χ3n) is 3.03. The summed E-state index contributed by atoms with van der Waals surface area (Å²) in [6, 6.07) is 7.08. The van der Waals surface area contributed by atoms with Crippen molar-refractivity contribution in [3.63, 3.8) is 0 Å². The Bertz CT molecular complexity index is 752. The van der Waals surface area contributed by atoms with Crippen LogP contribution < -0.4 is 4.74 Å². The van der Waals surface area contributed by atoms with Crippen molar-refractivity contribution in [3.05, 3.63) is 51.5 Å². The topological polar surface area (TPSA) is 79.1 Å². The molecule has 0 aliphatic rings. The number of benzene rings is 2. The number of phenolic OH excluding ortho intramolecular Hbond substituents is 2. The second-order valence-electron chi connectivity index (χ2n) is 4.60. The van der Waals surface area contributed by atoms with Crippen LogP contribution >= 0.6 is 23.2 Å². The van der Waals surface area contributed by atoms with Crippen molar-refractivity contribution in [2.24, 2.45) is 4.99 Å². The summed E-state index contributed by atoms with van der Waals surface area (Å²) in [6.45, 7) is -0.147. The number of carbonyl (C=O) groups is 1. The normalized spacial score (nSPS) is 10.9. The maximum absolute atomic E-state index is 12.1. The molecule has 0 aromatic heterocycles. The van der Waals surface area contributed by atoms with Crippen LogP contribution in [0.1, 0.15) is 15.9 Å². The van der Waals surface area contributed by atoms with Gasteiger partial charge >= 0.3 is 0 Å². The van der Waals surface area contributed by atoms with Gasteiger partial charge in [-0.05, 0) is 30.3 Å². The summed E-state index contributed by atoms with van der Waals surface area (Å²) in [5.41, 5.74) is 0.635. The van der Waals surface area contributed by atoms with Crippen molar-refractivity contribution in [2.75, 3.05) is 13.7 Å². The fraction of sp³-hybridized carbons (Fsp3) is 0.125. The molecule has 0 heterocycles. The summed E-state index contributed by atoms with van der Waals surface area (Å²) in [5, 5.41) is 19.8. The Morgan fingerprint density at radius 2 is 1.96 bits per heavy atom. The molecule has 0 amide bonds. The summed E-state index contributed by atoms with van der Waals surface area (Å²) >= 11 is 11.7. The SMILES string of the molecule is COc1cc(C(=O)CN=Cc2c(O)cc(Cl)cc2Cl)ccc1O. The highest BCUT2D eigenvalue weighted by Crippen LogP contribution is 2.29. The lowest BCUT2D eigenvalue weighted by Gasteiger charge is -2.05. The van der Waals surface area contributed by atoms with Crippen LogP contribution in [0.15, 0.2) is 35.3 Å². The van der Waals surface area contributed by atoms with Crippen LogP contribution in [-0.2, 0) is 0 Å². The molecule has 5 nitrogen and oxygen atoms in total. The lowest BCUT2D eigenvalue weighted by atomic mass is 10.1. The minimum atomic E-state index is -0.274. The van der Waals surface area contributed by atoms with Crippen molar-refractivity contribution in [1.82, 2.24) is 0 Å². The number of ketones is 1. The fourth-order valence-corrected chi connectivity index (χ4v) is 2.39. The molecule has 0 bridgehead atoms. The highest BCUT2D eigenvalue weighted by molar-refractivity contribution is 6.36. The van der Waals surface area contributed by atoms with Crippen LogP contribution in [-0.4, -0.2) is 35.9 Å². The van der Waals surface area contributed by atoms with Crippen molar-refractivity contribution >= 4 is 35.2 Å². The Morgan fingerprint density at radius 3 is 2.61 bits per heavy atom. The first-order chi connectivity index (χ1) is 10.9. The summed E-state index contributed by atoms with van der Waals surface area (Å²) in [7, 11) is 1.40. The lowest BCUT2D eigenvalue weighted by molar-refractivity contribution is 0.100. The standard InChI is InChI=1S/C16H13Cl2NO4/c1-23-16-4-9(2-3-13(16)20)15(22)8-19-7-11-12(18)5-10(17)6-14(11)21/h2-7,20-21H,8H2,1H3. The third-order valence-corrected chi connectivity index (χ3v) is 3.56. The molecule has 0 saturated carbocycles. The van der Waals surface area contributed by atoms with Gasteiger partial charge in [0.15, 0.2) is 17.3 Å². The fourth-order valence-electron chi connectivity index (χ4n) is 1.86. The first-order valence-corrected chi connectivity index (χ1v) is 7.26. The van der Waals surface area contributed by atoms with E-state index in [1.54, 1.807) is 0 Å². The number of methoxy groups -OCH3 is 1. The molecule has 23 heavy (non-hydrogen) atoms. The Labute approximate surface area is 142 Å². The number of rotatable bonds is 5. The number of aromatic hydroxyl groups is 2. The van der Waals surface area contributed by atoms with Crippen molar-refractivity contribution in [1.29, 1.82) is 0 Å². The minimum absolute atomic E-state index is 0.0505. The van der Waals surface area contributed by atoms with Crippen molar-refractivity contribution in [3.8, 4) is 17.2 Å². The molecule has 0 aliphatic heterocycles. The number of Topliss-reactive ketones (excluding diaryl/α,β-unsaturated/α-hetero) is 1. The molecule has 0 fully saturated rings. The summed E-state index contributed by atoms with van der Waals surface area (Å²) in [4.78, 5) is 16.1. The minimum Gasteiger partial charge on any atom is -0.507 e. The number of aliphatic imine (C=N–C) groups is 1. The third kappa shape index (κ3) is 4.15. The first-order valence-electron chi connectivity index (χ1n) is 6.50. The van der Waals surface area contributed by atoms with Gasteiger partial charge in [0.05, 0.1) is 17.7 Å². The van der Waals surface area contributed by atoms with Crippen LogP contribution in [0.2, 0.25) is 10.0 Å². The number of hydrogen-bond acceptors (Lipinski definition) is 5. The highest BCUT2D eigenvalue weighted by Gasteiger charge is 2.10. The number of halogens is 2. The van der Waals surface area contributed by atoms with E-state index < -0.39 is 0 Å². The zero-order valence-corrected chi connectivity index (χ0v) is 13.6. The van der Waals surface area contributed by atoms with Gasteiger partial charge in [-0.1, -0.05) is 23.2 Å². The van der Waals surface area contributed by atoms with Crippen molar-refractivity contribution < 1.29 is 19.7 Å². The second-order valence-corrected chi connectivity index (χ2v) is 5.44. The van der Waals surface area contributed by atoms with E-state index in [9.17, 15) is 15.0 Å². The predicted octanol–water partition coefficient (Wildman–Crippen LogP) is 3.72. The molecule has 2 N–H and O–H groups in total. The van der Waals surface area contributed by atoms with Crippen LogP contribution in [0.25, 0.3) is 0 Å². The second kappa shape index (κ2) is 7.35. The van der Waals surface area contributed by atoms with E-state index >= 15 is 0 Å². The molecule has 0 unspecified atom stereocenters. The van der Waals surface area contributed by atoms with E-state index in [4.69, 9.17) is 27.9 Å². The summed E-state index contributed by atoms with van der Waals surface area (Å²) < 4.78 is 4.95. The Hall–Kier alpha value is -2.24. The van der Waals surface area contributed by atoms with E-state index in [1.807, 2.05) is 0 Å². The van der Waals surface area contributed by atoms with E-state index in [2.05, 4.69) is 4.99 Å². The van der Waals surface area contributed by atoms with E-state index in [0.29, 0.717) is 10.6 Å². The van der Waals surface area contributed by atoms with E-state index in [0.717, 1.165) is 0 Å². The van der Waals surface area contributed by atoms with Crippen LogP contribution in [0.3, 0.4) is 0 Å². The molecule has 2 rings (SSSR count). The molecule has 120 valence electrons. The maximum Gasteiger partial charge on any atom is 0.184 e. The van der Waals surface area contributed by atoms with Gasteiger partial charge in [-0.25, -0.2) is 0 Å². The number of carbonyl (C=O) groups excluding carboxylic acids is 1. The van der Waals surface area contributed by atoms with Gasteiger partial charge in [-0.2, -0.15) is 0 Å². The average Bonchev–Trinajstić information content (AvgIpc) is 2.50. The summed E-state index contributed by atoms with van der Waals surface area (Å²) in [6.07, 6.45) is 1.31. The highest BCUT2D eigenvalue weighted by atomic mass is 35.5. The van der Waals surface area contributed by atoms with Gasteiger partial charge < -0.3 is 14.9 Å². The zero-order valence-electron chi connectivity index (χ0n) is 12.1. The molecular weight excluding hydrogens is 341 g/mol. The zero-order chi connectivity index (χ0) is 17.0. The Morgan fingerprint density at radius 1 is 1.22 bits per heavy atom. The number of nitrogens with zero attached hydrogens (tertiary/aromatic N) is 1. The summed E-state index contributed by atoms with van der Waals surface area (Å²) in [5.74, 6) is -0.238. The van der Waals surface area contributed by atoms with Crippen LogP contribution in [0, 0.1) is 0 Å². The smallest absolute Gasteiger partial charge is 0.184 e. The molecule has 0 atom stereocenters. The molecule has 0 saturated heterocycles. The van der Waals surface area contributed by atoms with Gasteiger partial charge in [-0.3, -0.25) is 9.79 Å². The molecule has 7 heteroatoms. The maximum atomic E-state index is 12.1. The van der Waals surface area contributed by atoms with Gasteiger partial charge in [0.25, 0.3) is 0 Å². The molecule has 2 aromatic carbocycles. The lowest BCUT2D eigenvalue weighted by Crippen LogP contribution is -2.04. The van der Waals surface area contributed by atoms with E-state index in [1.165, 1.54) is 43.7 Å². The molecule has 0 spiro atoms. The predicted molar refractivity (Wildman–Crippen MR) is 89.6 cm³/mol. The average molecular weight is 354 g/mol. The number of ether oxygens (including phenoxy) is 1. The molecule has 0 aliphatic carbocycles. The van der Waals surface area contributed by atoms with Crippen LogP contribution in [0.5, 0.6) is 17.2 Å². The Kier molecular flexibility index (Phi) is 5.47. The molecular formula is C16H13Cl2NO4. The quantitative estimate of drug-likeness (QED) is 0.634.